The van der Waals surface area contributed by atoms with E-state index >= 15 is 0 Å². The Kier molecular flexibility index (Phi) is 5.18. The number of oxazole rings is 1. The number of esters is 1. The summed E-state index contributed by atoms with van der Waals surface area (Å²) in [4.78, 5) is 21.3. The van der Waals surface area contributed by atoms with Gasteiger partial charge >= 0.3 is 5.97 Å². The van der Waals surface area contributed by atoms with Crippen molar-refractivity contribution in [2.24, 2.45) is 0 Å². The van der Waals surface area contributed by atoms with Gasteiger partial charge in [-0.05, 0) is 12.1 Å². The summed E-state index contributed by atoms with van der Waals surface area (Å²) < 4.78 is 16.5. The van der Waals surface area contributed by atoms with Crippen LogP contribution in [0.5, 0.6) is 0 Å². The molecule has 0 amide bonds. The minimum Gasteiger partial charge on any atom is -0.452 e. The molecule has 152 valence electrons. The van der Waals surface area contributed by atoms with Crippen LogP contribution < -0.4 is 0 Å². The molecule has 0 aliphatic carbocycles. The highest BCUT2D eigenvalue weighted by atomic mass is 16.5. The van der Waals surface area contributed by atoms with Crippen molar-refractivity contribution in [1.82, 2.24) is 15.1 Å². The van der Waals surface area contributed by atoms with Crippen LogP contribution in [0.2, 0.25) is 0 Å². The van der Waals surface area contributed by atoms with Crippen LogP contribution in [0.25, 0.3) is 22.8 Å². The summed E-state index contributed by atoms with van der Waals surface area (Å²) in [5.74, 6) is 1.24. The lowest BCUT2D eigenvalue weighted by Crippen LogP contribution is -2.13. The molecule has 7 nitrogen and oxygen atoms in total. The van der Waals surface area contributed by atoms with Gasteiger partial charge in [0.2, 0.25) is 5.89 Å². The number of ether oxygens (including phenoxy) is 1. The molecule has 4 rings (SSSR count). The lowest BCUT2D eigenvalue weighted by molar-refractivity contribution is 0.0439. The highest BCUT2D eigenvalue weighted by Crippen LogP contribution is 2.27. The summed E-state index contributed by atoms with van der Waals surface area (Å²) >= 11 is 0. The minimum absolute atomic E-state index is 0.0862. The van der Waals surface area contributed by atoms with Gasteiger partial charge in [-0.3, -0.25) is 0 Å². The van der Waals surface area contributed by atoms with E-state index in [1.807, 2.05) is 51.1 Å². The van der Waals surface area contributed by atoms with Crippen molar-refractivity contribution in [2.45, 2.75) is 32.8 Å². The fourth-order valence-corrected chi connectivity index (χ4v) is 2.80. The molecule has 0 fully saturated rings. The van der Waals surface area contributed by atoms with Gasteiger partial charge in [-0.1, -0.05) is 68.4 Å². The van der Waals surface area contributed by atoms with Crippen LogP contribution in [-0.2, 0) is 16.8 Å². The summed E-state index contributed by atoms with van der Waals surface area (Å²) in [5.41, 5.74) is 1.48. The molecular formula is C23H21N3O4. The average Bonchev–Trinajstić information content (AvgIpc) is 3.42. The quantitative estimate of drug-likeness (QED) is 0.431. The fraction of sp³-hybridized carbons (Fsp3) is 0.217. The Bertz CT molecular complexity index is 1160. The van der Waals surface area contributed by atoms with Crippen molar-refractivity contribution >= 4 is 5.97 Å². The van der Waals surface area contributed by atoms with Crippen LogP contribution in [0, 0.1) is 0 Å². The van der Waals surface area contributed by atoms with E-state index in [0.29, 0.717) is 28.6 Å². The van der Waals surface area contributed by atoms with Crippen LogP contribution >= 0.6 is 0 Å². The first-order chi connectivity index (χ1) is 14.4. The predicted molar refractivity (Wildman–Crippen MR) is 109 cm³/mol. The van der Waals surface area contributed by atoms with E-state index in [1.54, 1.807) is 30.5 Å². The van der Waals surface area contributed by atoms with Crippen molar-refractivity contribution < 1.29 is 18.5 Å². The van der Waals surface area contributed by atoms with Crippen LogP contribution in [0.3, 0.4) is 0 Å². The number of aromatic nitrogens is 3. The van der Waals surface area contributed by atoms with Gasteiger partial charge in [-0.25, -0.2) is 9.78 Å². The molecule has 0 spiro atoms. The SMILES string of the molecule is CC(C)(C)c1noc(-c2ccccc2C(=O)OCc2ncc(-c3ccccc3)o2)n1. The molecule has 2 heterocycles. The van der Waals surface area contributed by atoms with Crippen molar-refractivity contribution in [3.63, 3.8) is 0 Å². The lowest BCUT2D eigenvalue weighted by atomic mass is 9.96. The van der Waals surface area contributed by atoms with E-state index < -0.39 is 5.97 Å². The number of benzene rings is 2. The van der Waals surface area contributed by atoms with Gasteiger partial charge in [0, 0.05) is 11.0 Å². The smallest absolute Gasteiger partial charge is 0.339 e. The van der Waals surface area contributed by atoms with Gasteiger partial charge in [0.15, 0.2) is 18.2 Å². The van der Waals surface area contributed by atoms with E-state index in [4.69, 9.17) is 13.7 Å². The highest BCUT2D eigenvalue weighted by Gasteiger charge is 2.24. The zero-order chi connectivity index (χ0) is 21.1. The number of nitrogens with zero attached hydrogens (tertiary/aromatic N) is 3. The molecule has 0 atom stereocenters. The average molecular weight is 403 g/mol. The summed E-state index contributed by atoms with van der Waals surface area (Å²) in [6, 6.07) is 16.5. The second kappa shape index (κ2) is 7.94. The first-order valence-electron chi connectivity index (χ1n) is 9.52. The molecule has 7 heteroatoms. The Morgan fingerprint density at radius 2 is 1.77 bits per heavy atom. The first-order valence-corrected chi connectivity index (χ1v) is 9.52. The van der Waals surface area contributed by atoms with Crippen LogP contribution in [0.15, 0.2) is 69.7 Å². The molecule has 0 aliphatic heterocycles. The maximum Gasteiger partial charge on any atom is 0.339 e. The largest absolute Gasteiger partial charge is 0.452 e. The topological polar surface area (TPSA) is 91.2 Å². The van der Waals surface area contributed by atoms with Gasteiger partial charge in [0.25, 0.3) is 5.89 Å². The van der Waals surface area contributed by atoms with Gasteiger partial charge in [0.05, 0.1) is 17.3 Å². The summed E-state index contributed by atoms with van der Waals surface area (Å²) in [6.07, 6.45) is 1.61. The number of hydrogen-bond donors (Lipinski definition) is 0. The van der Waals surface area contributed by atoms with E-state index in [-0.39, 0.29) is 17.9 Å². The molecule has 0 aliphatic rings. The first kappa shape index (κ1) is 19.6. The Hall–Kier alpha value is -3.74. The third-order valence-corrected chi connectivity index (χ3v) is 4.41. The second-order valence-corrected chi connectivity index (χ2v) is 7.78. The maximum atomic E-state index is 12.7. The third-order valence-electron chi connectivity index (χ3n) is 4.41. The van der Waals surface area contributed by atoms with Crippen molar-refractivity contribution in [3.05, 3.63) is 78.1 Å². The van der Waals surface area contributed by atoms with Gasteiger partial charge < -0.3 is 13.7 Å². The second-order valence-electron chi connectivity index (χ2n) is 7.78. The fourth-order valence-electron chi connectivity index (χ4n) is 2.80. The lowest BCUT2D eigenvalue weighted by Gasteiger charge is -2.11. The van der Waals surface area contributed by atoms with E-state index in [9.17, 15) is 4.79 Å². The number of rotatable bonds is 5. The molecule has 4 aromatic rings. The standard InChI is InChI=1S/C23H21N3O4/c1-23(2,3)22-25-20(30-26-22)16-11-7-8-12-17(16)21(27)28-14-19-24-13-18(29-19)15-9-5-4-6-10-15/h4-13H,14H2,1-3H3. The van der Waals surface area contributed by atoms with E-state index in [1.165, 1.54) is 0 Å². The van der Waals surface area contributed by atoms with Gasteiger partial charge in [-0.15, -0.1) is 0 Å². The summed E-state index contributed by atoms with van der Waals surface area (Å²) in [7, 11) is 0. The molecule has 0 saturated carbocycles. The summed E-state index contributed by atoms with van der Waals surface area (Å²) in [6.45, 7) is 5.88. The molecule has 0 unspecified atom stereocenters. The molecule has 2 aromatic heterocycles. The molecule has 0 radical (unpaired) electrons. The number of hydrogen-bond acceptors (Lipinski definition) is 7. The Balaban J connectivity index is 1.50. The van der Waals surface area contributed by atoms with Gasteiger partial charge in [-0.2, -0.15) is 4.98 Å². The number of carbonyl (C=O) groups excluding carboxylic acids is 1. The van der Waals surface area contributed by atoms with E-state index in [2.05, 4.69) is 15.1 Å². The molecule has 0 saturated heterocycles. The molecule has 0 bridgehead atoms. The van der Waals surface area contributed by atoms with E-state index in [0.717, 1.165) is 5.56 Å². The Morgan fingerprint density at radius 3 is 2.50 bits per heavy atom. The van der Waals surface area contributed by atoms with Crippen molar-refractivity contribution in [1.29, 1.82) is 0 Å². The summed E-state index contributed by atoms with van der Waals surface area (Å²) in [5, 5.41) is 4.03. The maximum absolute atomic E-state index is 12.7. The van der Waals surface area contributed by atoms with Crippen molar-refractivity contribution in [2.75, 3.05) is 0 Å². The Morgan fingerprint density at radius 1 is 1.03 bits per heavy atom. The number of carbonyl (C=O) groups is 1. The van der Waals surface area contributed by atoms with Gasteiger partial charge in [0.1, 0.15) is 0 Å². The predicted octanol–water partition coefficient (Wildman–Crippen LogP) is 5.05. The molecule has 30 heavy (non-hydrogen) atoms. The molecule has 2 aromatic carbocycles. The molecule has 0 N–H and O–H groups in total. The highest BCUT2D eigenvalue weighted by molar-refractivity contribution is 5.96. The molecular weight excluding hydrogens is 382 g/mol. The Labute approximate surface area is 173 Å². The third kappa shape index (κ3) is 4.15. The normalized spacial score (nSPS) is 11.4. The van der Waals surface area contributed by atoms with Crippen LogP contribution in [-0.4, -0.2) is 21.1 Å². The zero-order valence-corrected chi connectivity index (χ0v) is 17.0. The zero-order valence-electron chi connectivity index (χ0n) is 17.0. The van der Waals surface area contributed by atoms with Crippen molar-refractivity contribution in [3.8, 4) is 22.8 Å². The monoisotopic (exact) mass is 403 g/mol. The van der Waals surface area contributed by atoms with Crippen LogP contribution in [0.4, 0.5) is 0 Å². The van der Waals surface area contributed by atoms with Crippen LogP contribution in [0.1, 0.15) is 42.8 Å². The minimum atomic E-state index is -0.527.